The third-order valence-electron chi connectivity index (χ3n) is 2.94. The summed E-state index contributed by atoms with van der Waals surface area (Å²) < 4.78 is 0. The molecule has 1 heterocycles. The standard InChI is InChI=1S/C11H21N3/c1-10(7-12)8-13-9-11-3-5-14(2)6-4-11/h10-11,13H,3-6,8-9H2,1-2H3. The normalized spacial score (nSPS) is 21.8. The van der Waals surface area contributed by atoms with Crippen molar-refractivity contribution in [2.75, 3.05) is 33.2 Å². The minimum atomic E-state index is 0.140. The molecule has 3 nitrogen and oxygen atoms in total. The Morgan fingerprint density at radius 1 is 1.50 bits per heavy atom. The fraction of sp³-hybridized carbons (Fsp3) is 0.909. The second-order valence-electron chi connectivity index (χ2n) is 4.44. The van der Waals surface area contributed by atoms with Gasteiger partial charge >= 0.3 is 0 Å². The molecule has 0 aromatic carbocycles. The number of hydrogen-bond acceptors (Lipinski definition) is 3. The van der Waals surface area contributed by atoms with E-state index in [1.165, 1.54) is 25.9 Å². The molecule has 0 saturated carbocycles. The van der Waals surface area contributed by atoms with Gasteiger partial charge in [0.05, 0.1) is 12.0 Å². The lowest BCUT2D eigenvalue weighted by Crippen LogP contribution is -2.35. The number of likely N-dealkylation sites (tertiary alicyclic amines) is 1. The van der Waals surface area contributed by atoms with Gasteiger partial charge in [0, 0.05) is 6.54 Å². The van der Waals surface area contributed by atoms with E-state index in [4.69, 9.17) is 5.26 Å². The SMILES string of the molecule is CC(C#N)CNCC1CCN(C)CC1. The van der Waals surface area contributed by atoms with Gasteiger partial charge in [-0.25, -0.2) is 0 Å². The molecule has 1 saturated heterocycles. The van der Waals surface area contributed by atoms with E-state index in [1.54, 1.807) is 0 Å². The van der Waals surface area contributed by atoms with E-state index >= 15 is 0 Å². The second kappa shape index (κ2) is 6.00. The molecule has 0 aromatic rings. The third kappa shape index (κ3) is 4.08. The highest BCUT2D eigenvalue weighted by Gasteiger charge is 2.15. The zero-order valence-electron chi connectivity index (χ0n) is 9.29. The summed E-state index contributed by atoms with van der Waals surface area (Å²) in [6.45, 7) is 6.32. The van der Waals surface area contributed by atoms with Crippen molar-refractivity contribution in [1.29, 1.82) is 5.26 Å². The zero-order valence-corrected chi connectivity index (χ0v) is 9.29. The fourth-order valence-corrected chi connectivity index (χ4v) is 1.82. The van der Waals surface area contributed by atoms with Crippen LogP contribution in [-0.2, 0) is 0 Å². The highest BCUT2D eigenvalue weighted by molar-refractivity contribution is 4.81. The van der Waals surface area contributed by atoms with Crippen molar-refractivity contribution in [2.45, 2.75) is 19.8 Å². The van der Waals surface area contributed by atoms with Crippen LogP contribution in [0.2, 0.25) is 0 Å². The minimum absolute atomic E-state index is 0.140. The van der Waals surface area contributed by atoms with Crippen LogP contribution in [0, 0.1) is 23.2 Å². The van der Waals surface area contributed by atoms with E-state index in [2.05, 4.69) is 23.3 Å². The lowest BCUT2D eigenvalue weighted by Gasteiger charge is -2.29. The highest BCUT2D eigenvalue weighted by Crippen LogP contribution is 2.14. The molecule has 14 heavy (non-hydrogen) atoms. The first kappa shape index (κ1) is 11.5. The minimum Gasteiger partial charge on any atom is -0.315 e. The molecule has 1 aliphatic heterocycles. The third-order valence-corrected chi connectivity index (χ3v) is 2.94. The summed E-state index contributed by atoms with van der Waals surface area (Å²) in [5, 5.41) is 12.0. The molecule has 0 radical (unpaired) electrons. The number of hydrogen-bond donors (Lipinski definition) is 1. The topological polar surface area (TPSA) is 39.1 Å². The first-order valence-corrected chi connectivity index (χ1v) is 5.51. The molecule has 0 aliphatic carbocycles. The molecule has 1 N–H and O–H groups in total. The Hall–Kier alpha value is -0.590. The predicted molar refractivity (Wildman–Crippen MR) is 57.9 cm³/mol. The van der Waals surface area contributed by atoms with Crippen LogP contribution in [0.15, 0.2) is 0 Å². The Balaban J connectivity index is 2.05. The Morgan fingerprint density at radius 2 is 2.14 bits per heavy atom. The number of nitriles is 1. The fourth-order valence-electron chi connectivity index (χ4n) is 1.82. The molecule has 1 unspecified atom stereocenters. The summed E-state index contributed by atoms with van der Waals surface area (Å²) in [7, 11) is 2.18. The molecular weight excluding hydrogens is 174 g/mol. The van der Waals surface area contributed by atoms with Crippen LogP contribution < -0.4 is 5.32 Å². The van der Waals surface area contributed by atoms with Crippen molar-refractivity contribution >= 4 is 0 Å². The van der Waals surface area contributed by atoms with Gasteiger partial charge in [-0.1, -0.05) is 0 Å². The summed E-state index contributed by atoms with van der Waals surface area (Å²) in [5.41, 5.74) is 0. The van der Waals surface area contributed by atoms with Crippen molar-refractivity contribution in [3.63, 3.8) is 0 Å². The summed E-state index contributed by atoms with van der Waals surface area (Å²) in [5.74, 6) is 0.957. The molecular formula is C11H21N3. The molecule has 1 aliphatic rings. The first-order valence-electron chi connectivity index (χ1n) is 5.51. The Labute approximate surface area is 87.1 Å². The van der Waals surface area contributed by atoms with Gasteiger partial charge in [-0.15, -0.1) is 0 Å². The van der Waals surface area contributed by atoms with Crippen LogP contribution >= 0.6 is 0 Å². The summed E-state index contributed by atoms with van der Waals surface area (Å²) >= 11 is 0. The lowest BCUT2D eigenvalue weighted by molar-refractivity contribution is 0.215. The van der Waals surface area contributed by atoms with Crippen LogP contribution in [-0.4, -0.2) is 38.1 Å². The van der Waals surface area contributed by atoms with Crippen molar-refractivity contribution < 1.29 is 0 Å². The Morgan fingerprint density at radius 3 is 2.71 bits per heavy atom. The van der Waals surface area contributed by atoms with E-state index in [1.807, 2.05) is 6.92 Å². The van der Waals surface area contributed by atoms with Crippen molar-refractivity contribution in [1.82, 2.24) is 10.2 Å². The van der Waals surface area contributed by atoms with Crippen LogP contribution in [0.1, 0.15) is 19.8 Å². The number of piperidine rings is 1. The molecule has 0 aromatic heterocycles. The van der Waals surface area contributed by atoms with Gasteiger partial charge in [-0.3, -0.25) is 0 Å². The summed E-state index contributed by atoms with van der Waals surface area (Å²) in [6.07, 6.45) is 2.59. The van der Waals surface area contributed by atoms with E-state index in [0.29, 0.717) is 0 Å². The van der Waals surface area contributed by atoms with Crippen LogP contribution in [0.4, 0.5) is 0 Å². The maximum atomic E-state index is 8.61. The highest BCUT2D eigenvalue weighted by atomic mass is 15.1. The molecule has 0 bridgehead atoms. The quantitative estimate of drug-likeness (QED) is 0.729. The summed E-state index contributed by atoms with van der Waals surface area (Å²) in [6, 6.07) is 2.24. The van der Waals surface area contributed by atoms with Gasteiger partial charge in [-0.2, -0.15) is 5.26 Å². The maximum Gasteiger partial charge on any atom is 0.0666 e. The van der Waals surface area contributed by atoms with Crippen molar-refractivity contribution in [3.05, 3.63) is 0 Å². The smallest absolute Gasteiger partial charge is 0.0666 e. The van der Waals surface area contributed by atoms with E-state index < -0.39 is 0 Å². The van der Waals surface area contributed by atoms with Crippen molar-refractivity contribution in [3.8, 4) is 6.07 Å². The number of nitrogens with zero attached hydrogens (tertiary/aromatic N) is 2. The molecule has 80 valence electrons. The second-order valence-corrected chi connectivity index (χ2v) is 4.44. The van der Waals surface area contributed by atoms with Crippen LogP contribution in [0.25, 0.3) is 0 Å². The monoisotopic (exact) mass is 195 g/mol. The van der Waals surface area contributed by atoms with Gasteiger partial charge in [-0.05, 0) is 52.4 Å². The van der Waals surface area contributed by atoms with Crippen molar-refractivity contribution in [2.24, 2.45) is 11.8 Å². The average molecular weight is 195 g/mol. The molecule has 1 atom stereocenters. The molecule has 1 fully saturated rings. The number of nitrogens with one attached hydrogen (secondary N) is 1. The predicted octanol–water partition coefficient (Wildman–Crippen LogP) is 1.08. The molecule has 0 spiro atoms. The van der Waals surface area contributed by atoms with E-state index in [9.17, 15) is 0 Å². The average Bonchev–Trinajstić information content (AvgIpc) is 2.21. The number of rotatable bonds is 4. The van der Waals surface area contributed by atoms with Gasteiger partial charge < -0.3 is 10.2 Å². The van der Waals surface area contributed by atoms with Gasteiger partial charge in [0.2, 0.25) is 0 Å². The largest absolute Gasteiger partial charge is 0.315 e. The maximum absolute atomic E-state index is 8.61. The molecule has 1 rings (SSSR count). The van der Waals surface area contributed by atoms with Gasteiger partial charge in [0.1, 0.15) is 0 Å². The Kier molecular flexibility index (Phi) is 4.92. The van der Waals surface area contributed by atoms with Gasteiger partial charge in [0.15, 0.2) is 0 Å². The Bertz CT molecular complexity index is 189. The lowest BCUT2D eigenvalue weighted by atomic mass is 9.97. The van der Waals surface area contributed by atoms with E-state index in [0.717, 1.165) is 19.0 Å². The zero-order chi connectivity index (χ0) is 10.4. The van der Waals surface area contributed by atoms with Crippen LogP contribution in [0.3, 0.4) is 0 Å². The molecule has 3 heteroatoms. The van der Waals surface area contributed by atoms with Crippen LogP contribution in [0.5, 0.6) is 0 Å². The van der Waals surface area contributed by atoms with Gasteiger partial charge in [0.25, 0.3) is 0 Å². The first-order chi connectivity index (χ1) is 6.72. The summed E-state index contributed by atoms with van der Waals surface area (Å²) in [4.78, 5) is 2.38. The van der Waals surface area contributed by atoms with E-state index in [-0.39, 0.29) is 5.92 Å². The molecule has 0 amide bonds.